The number of rotatable bonds is 12. The van der Waals surface area contributed by atoms with Crippen LogP contribution < -0.4 is 0 Å². The lowest BCUT2D eigenvalue weighted by Gasteiger charge is -2.18. The van der Waals surface area contributed by atoms with Crippen molar-refractivity contribution < 1.29 is 19.8 Å². The molecular formula is C22H31NO4S2. The summed E-state index contributed by atoms with van der Waals surface area (Å²) in [4.78, 5) is 27.3. The minimum atomic E-state index is -1.01. The fourth-order valence-corrected chi connectivity index (χ4v) is 5.34. The predicted octanol–water partition coefficient (Wildman–Crippen LogP) is 5.36. The van der Waals surface area contributed by atoms with Gasteiger partial charge in [0.15, 0.2) is 10.0 Å². The highest BCUT2D eigenvalue weighted by Crippen LogP contribution is 2.35. The van der Waals surface area contributed by atoms with Crippen LogP contribution in [-0.4, -0.2) is 38.3 Å². The zero-order valence-electron chi connectivity index (χ0n) is 17.2. The second kappa shape index (κ2) is 11.7. The van der Waals surface area contributed by atoms with Crippen LogP contribution in [0.5, 0.6) is 0 Å². The van der Waals surface area contributed by atoms with Crippen molar-refractivity contribution in [1.82, 2.24) is 4.98 Å². The number of ketones is 1. The summed E-state index contributed by atoms with van der Waals surface area (Å²) in [7, 11) is 0. The monoisotopic (exact) mass is 437 g/mol. The molecule has 0 radical (unpaired) electrons. The minimum absolute atomic E-state index is 0.00250. The van der Waals surface area contributed by atoms with Gasteiger partial charge in [-0.2, -0.15) is 0 Å². The first-order valence-corrected chi connectivity index (χ1v) is 12.1. The van der Waals surface area contributed by atoms with Crippen LogP contribution in [0.1, 0.15) is 69.3 Å². The molecule has 0 unspecified atom stereocenters. The average Bonchev–Trinajstić information content (AvgIpc) is 3.27. The van der Waals surface area contributed by atoms with Crippen molar-refractivity contribution in [2.75, 3.05) is 5.75 Å². The number of Topliss-reactive ketones (excluding diaryl/α,β-unsaturated/α-hetero) is 1. The molecule has 3 atom stereocenters. The van der Waals surface area contributed by atoms with Gasteiger partial charge < -0.3 is 10.2 Å². The molecule has 1 saturated carbocycles. The molecule has 0 saturated heterocycles. The lowest BCUT2D eigenvalue weighted by atomic mass is 9.91. The van der Waals surface area contributed by atoms with Gasteiger partial charge in [-0.3, -0.25) is 4.79 Å². The maximum Gasteiger partial charge on any atom is 0.355 e. The normalized spacial score (nSPS) is 22.0. The number of unbranched alkanes of at least 4 members (excludes halogenated alkanes) is 2. The quantitative estimate of drug-likeness (QED) is 0.260. The first-order valence-electron chi connectivity index (χ1n) is 10.2. The molecule has 160 valence electrons. The maximum atomic E-state index is 12.3. The first-order chi connectivity index (χ1) is 13.8. The van der Waals surface area contributed by atoms with Crippen LogP contribution >= 0.6 is 23.1 Å². The van der Waals surface area contributed by atoms with Crippen molar-refractivity contribution in [2.45, 2.75) is 68.7 Å². The molecule has 1 heterocycles. The fourth-order valence-electron chi connectivity index (χ4n) is 3.44. The Morgan fingerprint density at radius 2 is 2.24 bits per heavy atom. The number of hydrogen-bond donors (Lipinski definition) is 2. The summed E-state index contributed by atoms with van der Waals surface area (Å²) in [5, 5.41) is 20.9. The molecule has 29 heavy (non-hydrogen) atoms. The number of carbonyl (C=O) groups excluding carboxylic acids is 1. The molecule has 1 fully saturated rings. The van der Waals surface area contributed by atoms with E-state index in [0.717, 1.165) is 42.2 Å². The van der Waals surface area contributed by atoms with Gasteiger partial charge in [-0.15, -0.1) is 11.3 Å². The summed E-state index contributed by atoms with van der Waals surface area (Å²) in [5.41, 5.74) is -0.781. The molecule has 1 aromatic rings. The Morgan fingerprint density at radius 3 is 2.93 bits per heavy atom. The molecular weight excluding hydrogens is 406 g/mol. The number of carbonyl (C=O) groups is 2. The number of aliphatic hydroxyl groups is 1. The predicted molar refractivity (Wildman–Crippen MR) is 119 cm³/mol. The first kappa shape index (κ1) is 23.8. The molecule has 7 heteroatoms. The Hall–Kier alpha value is -1.44. The highest BCUT2D eigenvalue weighted by molar-refractivity contribution is 8.01. The van der Waals surface area contributed by atoms with E-state index >= 15 is 0 Å². The van der Waals surface area contributed by atoms with Gasteiger partial charge in [0.05, 0.1) is 5.60 Å². The summed E-state index contributed by atoms with van der Waals surface area (Å²) in [6, 6.07) is 0. The lowest BCUT2D eigenvalue weighted by molar-refractivity contribution is -0.121. The number of hydrogen-bond acceptors (Lipinski definition) is 6. The van der Waals surface area contributed by atoms with Crippen LogP contribution in [0.25, 0.3) is 0 Å². The third-order valence-electron chi connectivity index (χ3n) is 5.13. The van der Waals surface area contributed by atoms with Crippen LogP contribution in [0.4, 0.5) is 0 Å². The lowest BCUT2D eigenvalue weighted by Crippen LogP contribution is -2.19. The number of carboxylic acid groups (broad SMARTS) is 1. The Labute approximate surface area is 181 Å². The molecule has 2 N–H and O–H groups in total. The van der Waals surface area contributed by atoms with Crippen LogP contribution in [0, 0.1) is 11.8 Å². The van der Waals surface area contributed by atoms with E-state index in [1.54, 1.807) is 5.38 Å². The molecule has 0 bridgehead atoms. The molecule has 0 aromatic carbocycles. The van der Waals surface area contributed by atoms with Crippen LogP contribution in [0.3, 0.4) is 0 Å². The van der Waals surface area contributed by atoms with Gasteiger partial charge in [0.1, 0.15) is 5.78 Å². The van der Waals surface area contributed by atoms with E-state index in [0.29, 0.717) is 18.6 Å². The average molecular weight is 438 g/mol. The summed E-state index contributed by atoms with van der Waals surface area (Å²) < 4.78 is 0.728. The Balaban J connectivity index is 1.81. The second-order valence-corrected chi connectivity index (χ2v) is 9.95. The van der Waals surface area contributed by atoms with Gasteiger partial charge in [-0.05, 0) is 38.5 Å². The SMILES string of the molecule is CCCC/C=C/[C@](C)(O)C/C=C/[C@H]1CCC(=O)[C@@H]1CCSc1nc(C(=O)O)cs1. The van der Waals surface area contributed by atoms with Crippen molar-refractivity contribution in [3.8, 4) is 0 Å². The Morgan fingerprint density at radius 1 is 1.45 bits per heavy atom. The number of nitrogens with zero attached hydrogens (tertiary/aromatic N) is 1. The van der Waals surface area contributed by atoms with Gasteiger partial charge in [-0.25, -0.2) is 9.78 Å². The van der Waals surface area contributed by atoms with Gasteiger partial charge in [0.25, 0.3) is 0 Å². The summed E-state index contributed by atoms with van der Waals surface area (Å²) >= 11 is 2.84. The summed E-state index contributed by atoms with van der Waals surface area (Å²) in [6.07, 6.45) is 14.1. The van der Waals surface area contributed by atoms with Gasteiger partial charge in [-0.1, -0.05) is 55.8 Å². The van der Waals surface area contributed by atoms with E-state index in [1.165, 1.54) is 23.1 Å². The van der Waals surface area contributed by atoms with E-state index in [1.807, 2.05) is 25.2 Å². The van der Waals surface area contributed by atoms with Crippen molar-refractivity contribution in [3.05, 3.63) is 35.4 Å². The molecule has 5 nitrogen and oxygen atoms in total. The number of aromatic nitrogens is 1. The Kier molecular flexibility index (Phi) is 9.59. The van der Waals surface area contributed by atoms with Gasteiger partial charge in [0.2, 0.25) is 0 Å². The van der Waals surface area contributed by atoms with Crippen molar-refractivity contribution in [2.24, 2.45) is 11.8 Å². The van der Waals surface area contributed by atoms with Crippen LogP contribution in [-0.2, 0) is 4.79 Å². The molecule has 0 aliphatic heterocycles. The van der Waals surface area contributed by atoms with Gasteiger partial charge >= 0.3 is 5.97 Å². The minimum Gasteiger partial charge on any atom is -0.476 e. The third-order valence-corrected chi connectivity index (χ3v) is 7.18. The molecule has 1 aromatic heterocycles. The van der Waals surface area contributed by atoms with Crippen molar-refractivity contribution in [3.63, 3.8) is 0 Å². The summed E-state index contributed by atoms with van der Waals surface area (Å²) in [6.45, 7) is 3.96. The number of thioether (sulfide) groups is 1. The van der Waals surface area contributed by atoms with Crippen LogP contribution in [0.2, 0.25) is 0 Å². The number of allylic oxidation sites excluding steroid dienone is 2. The zero-order chi connectivity index (χ0) is 21.3. The standard InChI is InChI=1S/C22H31NO4S2/c1-3-4-5-6-12-22(2,27)13-7-8-16-9-10-19(24)17(16)11-14-28-21-23-18(15-29-21)20(25)26/h6-8,12,15-17,27H,3-5,9-11,13-14H2,1-2H3,(H,25,26)/b8-7+,12-6+/t16-,17+,22-/m0/s1. The van der Waals surface area contributed by atoms with Crippen LogP contribution in [0.15, 0.2) is 34.0 Å². The fraction of sp³-hybridized carbons (Fsp3) is 0.591. The van der Waals surface area contributed by atoms with E-state index < -0.39 is 11.6 Å². The smallest absolute Gasteiger partial charge is 0.355 e. The number of aromatic carboxylic acids is 1. The zero-order valence-corrected chi connectivity index (χ0v) is 18.8. The molecule has 1 aliphatic rings. The van der Waals surface area contributed by atoms with E-state index in [4.69, 9.17) is 5.11 Å². The maximum absolute atomic E-state index is 12.3. The van der Waals surface area contributed by atoms with E-state index in [2.05, 4.69) is 18.0 Å². The van der Waals surface area contributed by atoms with Crippen molar-refractivity contribution >= 4 is 34.9 Å². The molecule has 0 amide bonds. The Bertz CT molecular complexity index is 739. The highest BCUT2D eigenvalue weighted by Gasteiger charge is 2.32. The summed E-state index contributed by atoms with van der Waals surface area (Å²) in [5.74, 6) is 0.249. The topological polar surface area (TPSA) is 87.5 Å². The second-order valence-electron chi connectivity index (χ2n) is 7.75. The molecule has 0 spiro atoms. The molecule has 1 aliphatic carbocycles. The number of thiazole rings is 1. The highest BCUT2D eigenvalue weighted by atomic mass is 32.2. The number of carboxylic acids is 1. The van der Waals surface area contributed by atoms with Gasteiger partial charge in [0, 0.05) is 23.5 Å². The third kappa shape index (κ3) is 8.07. The van der Waals surface area contributed by atoms with E-state index in [-0.39, 0.29) is 17.5 Å². The van der Waals surface area contributed by atoms with E-state index in [9.17, 15) is 14.7 Å². The molecule has 2 rings (SSSR count). The largest absolute Gasteiger partial charge is 0.476 e. The van der Waals surface area contributed by atoms with Crippen molar-refractivity contribution in [1.29, 1.82) is 0 Å².